The maximum Gasteiger partial charge on any atom is 0.230 e. The third kappa shape index (κ3) is 2.21. The highest BCUT2D eigenvalue weighted by Crippen LogP contribution is 2.32. The summed E-state index contributed by atoms with van der Waals surface area (Å²) >= 11 is 5.19. The Labute approximate surface area is 134 Å². The molecule has 0 atom stereocenters. The van der Waals surface area contributed by atoms with Crippen LogP contribution in [-0.4, -0.2) is 57.7 Å². The van der Waals surface area contributed by atoms with Gasteiger partial charge in [0, 0.05) is 26.2 Å². The Balaban J connectivity index is 1.93. The topological polar surface area (TPSA) is 49.6 Å². The van der Waals surface area contributed by atoms with E-state index >= 15 is 0 Å². The van der Waals surface area contributed by atoms with Crippen LogP contribution in [0.4, 0.5) is 5.95 Å². The number of anilines is 1. The summed E-state index contributed by atoms with van der Waals surface area (Å²) in [5.74, 6) is 1.68. The minimum atomic E-state index is 0.780. The molecule has 0 spiro atoms. The molecule has 4 heterocycles. The lowest BCUT2D eigenvalue weighted by molar-refractivity contribution is 0.310. The highest BCUT2D eigenvalue weighted by molar-refractivity contribution is 9.11. The van der Waals surface area contributed by atoms with Crippen LogP contribution in [0.2, 0.25) is 0 Å². The number of rotatable bonds is 1. The molecule has 0 bridgehead atoms. The third-order valence-electron chi connectivity index (χ3n) is 3.81. The molecule has 4 rings (SSSR count). The summed E-state index contributed by atoms with van der Waals surface area (Å²) in [4.78, 5) is 15.1. The zero-order valence-corrected chi connectivity index (χ0v) is 14.3. The van der Waals surface area contributed by atoms with Crippen molar-refractivity contribution in [2.45, 2.75) is 6.92 Å². The highest BCUT2D eigenvalue weighted by atomic mass is 79.9. The summed E-state index contributed by atoms with van der Waals surface area (Å²) in [7, 11) is 2.15. The molecular weight excluding hydrogens is 352 g/mol. The summed E-state index contributed by atoms with van der Waals surface area (Å²) in [5, 5.41) is 5.60. The fraction of sp³-hybridized carbons (Fsp3) is 0.462. The molecule has 0 unspecified atom stereocenters. The van der Waals surface area contributed by atoms with Gasteiger partial charge in [0.2, 0.25) is 5.95 Å². The predicted octanol–water partition coefficient (Wildman–Crippen LogP) is 2.16. The fourth-order valence-corrected chi connectivity index (χ4v) is 4.11. The standard InChI is InChI=1S/C13H15BrN6S/c1-8-15-11-9-7-10(14)21-12(9)16-13(20(11)17-8)19-5-3-18(2)4-6-19/h7H,3-6H2,1-2H3. The SMILES string of the molecule is Cc1nc2c3cc(Br)sc3nc(N3CCN(C)CC3)n2n1. The zero-order valence-electron chi connectivity index (χ0n) is 11.9. The van der Waals surface area contributed by atoms with Gasteiger partial charge in [0.15, 0.2) is 5.65 Å². The Bertz CT molecular complexity index is 817. The number of hydrogen-bond donors (Lipinski definition) is 0. The van der Waals surface area contributed by atoms with Gasteiger partial charge in [-0.15, -0.1) is 16.4 Å². The van der Waals surface area contributed by atoms with Crippen LogP contribution in [0, 0.1) is 6.92 Å². The minimum absolute atomic E-state index is 0.780. The van der Waals surface area contributed by atoms with E-state index in [1.165, 1.54) is 0 Å². The quantitative estimate of drug-likeness (QED) is 0.660. The van der Waals surface area contributed by atoms with Crippen molar-refractivity contribution < 1.29 is 0 Å². The lowest BCUT2D eigenvalue weighted by Gasteiger charge is -2.32. The molecule has 3 aromatic heterocycles. The molecule has 6 nitrogen and oxygen atoms in total. The van der Waals surface area contributed by atoms with Crippen LogP contribution in [0.1, 0.15) is 5.82 Å². The number of aromatic nitrogens is 4. The van der Waals surface area contributed by atoms with Crippen LogP contribution in [0.5, 0.6) is 0 Å². The molecule has 0 N–H and O–H groups in total. The smallest absolute Gasteiger partial charge is 0.230 e. The summed E-state index contributed by atoms with van der Waals surface area (Å²) < 4.78 is 2.96. The monoisotopic (exact) mass is 366 g/mol. The van der Waals surface area contributed by atoms with Gasteiger partial charge in [-0.05, 0) is 36.0 Å². The van der Waals surface area contributed by atoms with Crippen molar-refractivity contribution in [2.75, 3.05) is 38.1 Å². The molecule has 1 saturated heterocycles. The van der Waals surface area contributed by atoms with E-state index in [1.807, 2.05) is 11.4 Å². The van der Waals surface area contributed by atoms with E-state index in [1.54, 1.807) is 11.3 Å². The largest absolute Gasteiger partial charge is 0.338 e. The number of aryl methyl sites for hydroxylation is 1. The second kappa shape index (κ2) is 4.89. The first-order valence-electron chi connectivity index (χ1n) is 6.88. The van der Waals surface area contributed by atoms with Crippen molar-refractivity contribution in [3.05, 3.63) is 15.7 Å². The van der Waals surface area contributed by atoms with Crippen molar-refractivity contribution in [3.63, 3.8) is 0 Å². The molecule has 0 amide bonds. The summed E-state index contributed by atoms with van der Waals surface area (Å²) in [6.45, 7) is 5.95. The van der Waals surface area contributed by atoms with Crippen molar-refractivity contribution in [2.24, 2.45) is 0 Å². The van der Waals surface area contributed by atoms with Crippen molar-refractivity contribution in [1.82, 2.24) is 24.5 Å². The number of nitrogens with zero attached hydrogens (tertiary/aromatic N) is 6. The van der Waals surface area contributed by atoms with Crippen LogP contribution >= 0.6 is 27.3 Å². The van der Waals surface area contributed by atoms with Crippen LogP contribution in [-0.2, 0) is 0 Å². The highest BCUT2D eigenvalue weighted by Gasteiger charge is 2.21. The van der Waals surface area contributed by atoms with E-state index in [2.05, 4.69) is 48.9 Å². The van der Waals surface area contributed by atoms with E-state index in [-0.39, 0.29) is 0 Å². The number of likely N-dealkylation sites (N-methyl/N-ethyl adjacent to an activating group) is 1. The molecule has 0 saturated carbocycles. The van der Waals surface area contributed by atoms with Crippen LogP contribution < -0.4 is 4.90 Å². The summed E-state index contributed by atoms with van der Waals surface area (Å²) in [6, 6.07) is 2.07. The van der Waals surface area contributed by atoms with E-state index in [0.29, 0.717) is 0 Å². The van der Waals surface area contributed by atoms with E-state index < -0.39 is 0 Å². The zero-order chi connectivity index (χ0) is 14.6. The van der Waals surface area contributed by atoms with Gasteiger partial charge in [0.1, 0.15) is 10.7 Å². The first-order valence-corrected chi connectivity index (χ1v) is 8.49. The second-order valence-electron chi connectivity index (χ2n) is 5.37. The lowest BCUT2D eigenvalue weighted by Crippen LogP contribution is -2.45. The average molecular weight is 367 g/mol. The molecule has 8 heteroatoms. The second-order valence-corrected chi connectivity index (χ2v) is 7.78. The first-order chi connectivity index (χ1) is 10.1. The van der Waals surface area contributed by atoms with Crippen molar-refractivity contribution in [1.29, 1.82) is 0 Å². The molecule has 0 aromatic carbocycles. The molecule has 1 aliphatic rings. The Morgan fingerprint density at radius 3 is 2.71 bits per heavy atom. The minimum Gasteiger partial charge on any atom is -0.338 e. The molecule has 3 aromatic rings. The Morgan fingerprint density at radius 1 is 1.19 bits per heavy atom. The van der Waals surface area contributed by atoms with Gasteiger partial charge in [0.25, 0.3) is 0 Å². The molecule has 110 valence electrons. The Hall–Kier alpha value is -1.25. The van der Waals surface area contributed by atoms with Crippen LogP contribution in [0.3, 0.4) is 0 Å². The normalized spacial score (nSPS) is 17.2. The van der Waals surface area contributed by atoms with Crippen molar-refractivity contribution >= 4 is 49.1 Å². The van der Waals surface area contributed by atoms with Crippen LogP contribution in [0.25, 0.3) is 15.9 Å². The molecule has 1 fully saturated rings. The van der Waals surface area contributed by atoms with Gasteiger partial charge in [-0.1, -0.05) is 0 Å². The summed E-state index contributed by atoms with van der Waals surface area (Å²) in [5.41, 5.74) is 0.897. The average Bonchev–Trinajstić information content (AvgIpc) is 3.00. The van der Waals surface area contributed by atoms with Crippen LogP contribution in [0.15, 0.2) is 9.85 Å². The third-order valence-corrected chi connectivity index (χ3v) is 5.35. The first kappa shape index (κ1) is 13.4. The molecule has 0 aliphatic carbocycles. The van der Waals surface area contributed by atoms with E-state index in [0.717, 1.165) is 57.6 Å². The van der Waals surface area contributed by atoms with Gasteiger partial charge in [-0.2, -0.15) is 4.52 Å². The maximum atomic E-state index is 4.84. The number of fused-ring (bicyclic) bond motifs is 3. The molecule has 1 aliphatic heterocycles. The Kier molecular flexibility index (Phi) is 3.13. The number of halogens is 1. The summed E-state index contributed by atoms with van der Waals surface area (Å²) in [6.07, 6.45) is 0. The lowest BCUT2D eigenvalue weighted by atomic mass is 10.3. The van der Waals surface area contributed by atoms with E-state index in [9.17, 15) is 0 Å². The molecule has 21 heavy (non-hydrogen) atoms. The van der Waals surface area contributed by atoms with Crippen molar-refractivity contribution in [3.8, 4) is 0 Å². The van der Waals surface area contributed by atoms with Gasteiger partial charge in [0.05, 0.1) is 9.17 Å². The van der Waals surface area contributed by atoms with Gasteiger partial charge in [-0.25, -0.2) is 9.97 Å². The number of thiophene rings is 1. The molecule has 0 radical (unpaired) electrons. The fourth-order valence-electron chi connectivity index (χ4n) is 2.67. The molecular formula is C13H15BrN6S. The van der Waals surface area contributed by atoms with Gasteiger partial charge in [-0.3, -0.25) is 0 Å². The van der Waals surface area contributed by atoms with Gasteiger partial charge >= 0.3 is 0 Å². The van der Waals surface area contributed by atoms with Gasteiger partial charge < -0.3 is 9.80 Å². The Morgan fingerprint density at radius 2 is 1.95 bits per heavy atom. The maximum absolute atomic E-state index is 4.84. The van der Waals surface area contributed by atoms with E-state index in [4.69, 9.17) is 4.98 Å². The number of piperazine rings is 1. The predicted molar refractivity (Wildman–Crippen MR) is 88.3 cm³/mol. The number of hydrogen-bond acceptors (Lipinski definition) is 6.